The first-order valence-electron chi connectivity index (χ1n) is 6.64. The molecule has 0 fully saturated rings. The predicted octanol–water partition coefficient (Wildman–Crippen LogP) is 2.27. The van der Waals surface area contributed by atoms with Crippen LogP contribution < -0.4 is 10.5 Å². The molecule has 0 saturated carbocycles. The molecule has 0 saturated heterocycles. The largest absolute Gasteiger partial charge is 0.456 e. The van der Waals surface area contributed by atoms with Gasteiger partial charge in [0, 0.05) is 17.5 Å². The van der Waals surface area contributed by atoms with E-state index in [0.29, 0.717) is 28.1 Å². The van der Waals surface area contributed by atoms with Gasteiger partial charge in [0.1, 0.15) is 11.3 Å². The van der Waals surface area contributed by atoms with Crippen LogP contribution in [0.5, 0.6) is 0 Å². The molecule has 22 heavy (non-hydrogen) atoms. The van der Waals surface area contributed by atoms with Crippen LogP contribution in [-0.4, -0.2) is 15.5 Å². The minimum Gasteiger partial charge on any atom is -0.456 e. The van der Waals surface area contributed by atoms with Crippen LogP contribution in [0.25, 0.3) is 33.7 Å². The smallest absolute Gasteiger partial charge is 0.193 e. The van der Waals surface area contributed by atoms with E-state index in [9.17, 15) is 4.79 Å². The van der Waals surface area contributed by atoms with E-state index in [4.69, 9.17) is 4.42 Å². The number of aromatic nitrogens is 4. The lowest BCUT2D eigenvalue weighted by atomic mass is 10.1. The van der Waals surface area contributed by atoms with E-state index in [1.54, 1.807) is 18.2 Å². The van der Waals surface area contributed by atoms with Crippen molar-refractivity contribution < 1.29 is 4.42 Å². The molecule has 0 unspecified atom stereocenters. The number of rotatable bonds is 2. The average Bonchev–Trinajstić information content (AvgIpc) is 3.10. The SMILES string of the molecule is O=c1cc(-c2ccccc2)oc2ccc(-c3nnn[n-]3)cc12. The highest BCUT2D eigenvalue weighted by atomic mass is 16.3. The number of nitrogens with zero attached hydrogens (tertiary/aromatic N) is 4. The Morgan fingerprint density at radius 1 is 0.955 bits per heavy atom. The molecule has 106 valence electrons. The van der Waals surface area contributed by atoms with Gasteiger partial charge in [-0.05, 0) is 17.7 Å². The standard InChI is InChI=1S/C16H9N4O2/c21-13-9-15(10-4-2-1-3-5-10)22-14-7-6-11(8-12(13)14)16-17-19-20-18-16/h1-9H/q-1. The second-order valence-electron chi connectivity index (χ2n) is 4.75. The molecule has 2 aromatic heterocycles. The fourth-order valence-corrected chi connectivity index (χ4v) is 2.30. The van der Waals surface area contributed by atoms with Crippen LogP contribution in [0.4, 0.5) is 0 Å². The summed E-state index contributed by atoms with van der Waals surface area (Å²) >= 11 is 0. The molecule has 2 heterocycles. The van der Waals surface area contributed by atoms with Crippen molar-refractivity contribution in [3.8, 4) is 22.7 Å². The molecule has 0 bridgehead atoms. The molecule has 6 heteroatoms. The zero-order valence-electron chi connectivity index (χ0n) is 11.3. The number of fused-ring (bicyclic) bond motifs is 1. The highest BCUT2D eigenvalue weighted by Crippen LogP contribution is 2.24. The molecule has 0 aliphatic carbocycles. The van der Waals surface area contributed by atoms with Gasteiger partial charge in [0.2, 0.25) is 0 Å². The highest BCUT2D eigenvalue weighted by Gasteiger charge is 2.08. The molecule has 4 aromatic rings. The maximum atomic E-state index is 12.4. The van der Waals surface area contributed by atoms with Crippen molar-refractivity contribution in [2.45, 2.75) is 0 Å². The Morgan fingerprint density at radius 3 is 2.59 bits per heavy atom. The van der Waals surface area contributed by atoms with E-state index < -0.39 is 0 Å². The molecule has 0 N–H and O–H groups in total. The van der Waals surface area contributed by atoms with Crippen molar-refractivity contribution in [3.05, 3.63) is 64.8 Å². The van der Waals surface area contributed by atoms with Crippen molar-refractivity contribution in [2.75, 3.05) is 0 Å². The quantitative estimate of drug-likeness (QED) is 0.563. The summed E-state index contributed by atoms with van der Waals surface area (Å²) in [6.45, 7) is 0. The van der Waals surface area contributed by atoms with E-state index in [0.717, 1.165) is 5.56 Å². The van der Waals surface area contributed by atoms with E-state index in [-0.39, 0.29) is 5.43 Å². The lowest BCUT2D eigenvalue weighted by Crippen LogP contribution is -2.00. The predicted molar refractivity (Wildman–Crippen MR) is 80.1 cm³/mol. The third-order valence-corrected chi connectivity index (χ3v) is 3.36. The Kier molecular flexibility index (Phi) is 2.79. The molecule has 0 amide bonds. The molecule has 0 spiro atoms. The Labute approximate surface area is 124 Å². The normalized spacial score (nSPS) is 10.9. The van der Waals surface area contributed by atoms with Gasteiger partial charge >= 0.3 is 0 Å². The minimum absolute atomic E-state index is 0.116. The minimum atomic E-state index is -0.116. The van der Waals surface area contributed by atoms with Crippen LogP contribution in [0.2, 0.25) is 0 Å². The first-order chi connectivity index (χ1) is 10.8. The van der Waals surface area contributed by atoms with Crippen LogP contribution in [0.15, 0.2) is 63.8 Å². The lowest BCUT2D eigenvalue weighted by Gasteiger charge is -2.05. The first kappa shape index (κ1) is 12.5. The van der Waals surface area contributed by atoms with Gasteiger partial charge in [-0.25, -0.2) is 0 Å². The zero-order valence-corrected chi connectivity index (χ0v) is 11.3. The zero-order chi connectivity index (χ0) is 14.9. The van der Waals surface area contributed by atoms with Gasteiger partial charge in [-0.1, -0.05) is 36.4 Å². The molecule has 0 atom stereocenters. The van der Waals surface area contributed by atoms with Crippen molar-refractivity contribution >= 4 is 11.0 Å². The molecule has 0 aliphatic heterocycles. The van der Waals surface area contributed by atoms with E-state index >= 15 is 0 Å². The van der Waals surface area contributed by atoms with Gasteiger partial charge in [-0.15, -0.1) is 0 Å². The fourth-order valence-electron chi connectivity index (χ4n) is 2.30. The molecule has 0 radical (unpaired) electrons. The van der Waals surface area contributed by atoms with Crippen LogP contribution in [0.1, 0.15) is 0 Å². The van der Waals surface area contributed by atoms with E-state index in [1.807, 2.05) is 30.3 Å². The monoisotopic (exact) mass is 289 g/mol. The van der Waals surface area contributed by atoms with Crippen LogP contribution in [0.3, 0.4) is 0 Å². The Bertz CT molecular complexity index is 992. The summed E-state index contributed by atoms with van der Waals surface area (Å²) in [5.74, 6) is 0.923. The summed E-state index contributed by atoms with van der Waals surface area (Å²) in [4.78, 5) is 12.4. The lowest BCUT2D eigenvalue weighted by molar-refractivity contribution is 0.619. The van der Waals surface area contributed by atoms with Gasteiger partial charge in [-0.2, -0.15) is 5.21 Å². The number of tetrazole rings is 1. The highest BCUT2D eigenvalue weighted by molar-refractivity contribution is 5.83. The summed E-state index contributed by atoms with van der Waals surface area (Å²) in [5.41, 5.74) is 1.94. The topological polar surface area (TPSA) is 83.0 Å². The molecule has 6 nitrogen and oxygen atoms in total. The maximum Gasteiger partial charge on any atom is 0.193 e. The van der Waals surface area contributed by atoms with Crippen LogP contribution in [0, 0.1) is 0 Å². The molecule has 4 rings (SSSR count). The summed E-state index contributed by atoms with van der Waals surface area (Å²) in [6, 6.07) is 16.2. The van der Waals surface area contributed by atoms with Gasteiger partial charge in [0.25, 0.3) is 0 Å². The fraction of sp³-hybridized carbons (Fsp3) is 0. The Morgan fingerprint density at radius 2 is 1.82 bits per heavy atom. The van der Waals surface area contributed by atoms with Gasteiger partial charge < -0.3 is 9.52 Å². The summed E-state index contributed by atoms with van der Waals surface area (Å²) < 4.78 is 5.83. The molecular formula is C16H9N4O2-. The number of hydrogen-bond acceptors (Lipinski definition) is 5. The van der Waals surface area contributed by atoms with Gasteiger partial charge in [0.05, 0.1) is 5.39 Å². The molecular weight excluding hydrogens is 280 g/mol. The average molecular weight is 289 g/mol. The maximum absolute atomic E-state index is 12.4. The second kappa shape index (κ2) is 4.92. The summed E-state index contributed by atoms with van der Waals surface area (Å²) in [7, 11) is 0. The van der Waals surface area contributed by atoms with Crippen molar-refractivity contribution in [1.29, 1.82) is 0 Å². The molecule has 0 aliphatic rings. The number of hydrogen-bond donors (Lipinski definition) is 0. The van der Waals surface area contributed by atoms with Gasteiger partial charge in [-0.3, -0.25) is 15.1 Å². The summed E-state index contributed by atoms with van der Waals surface area (Å²) in [6.07, 6.45) is 0. The van der Waals surface area contributed by atoms with Crippen LogP contribution in [-0.2, 0) is 0 Å². The first-order valence-corrected chi connectivity index (χ1v) is 6.64. The Balaban J connectivity index is 1.90. The van der Waals surface area contributed by atoms with Crippen LogP contribution >= 0.6 is 0 Å². The second-order valence-corrected chi connectivity index (χ2v) is 4.75. The third kappa shape index (κ3) is 2.07. The summed E-state index contributed by atoms with van der Waals surface area (Å²) in [5, 5.41) is 14.9. The van der Waals surface area contributed by atoms with E-state index in [1.165, 1.54) is 6.07 Å². The van der Waals surface area contributed by atoms with Crippen molar-refractivity contribution in [3.63, 3.8) is 0 Å². The Hall–Kier alpha value is -3.28. The molecule has 2 aromatic carbocycles. The van der Waals surface area contributed by atoms with Crippen molar-refractivity contribution in [2.24, 2.45) is 0 Å². The van der Waals surface area contributed by atoms with Gasteiger partial charge in [0.15, 0.2) is 5.43 Å². The third-order valence-electron chi connectivity index (χ3n) is 3.36. The number of benzene rings is 2. The van der Waals surface area contributed by atoms with E-state index in [2.05, 4.69) is 20.6 Å². The van der Waals surface area contributed by atoms with Crippen molar-refractivity contribution in [1.82, 2.24) is 20.6 Å².